The van der Waals surface area contributed by atoms with E-state index in [1.165, 1.54) is 5.56 Å². The van der Waals surface area contributed by atoms with Crippen LogP contribution in [0, 0.1) is 6.92 Å². The molecule has 0 saturated heterocycles. The van der Waals surface area contributed by atoms with E-state index in [9.17, 15) is 0 Å². The monoisotopic (exact) mass is 309 g/mol. The Bertz CT molecular complexity index is 517. The van der Waals surface area contributed by atoms with Gasteiger partial charge in [0.1, 0.15) is 5.75 Å². The zero-order valence-electron chi connectivity index (χ0n) is 10.5. The second-order valence-electron chi connectivity index (χ2n) is 4.81. The first-order chi connectivity index (χ1) is 8.58. The third-order valence-corrected chi connectivity index (χ3v) is 4.05. The molecule has 2 aliphatic rings. The average Bonchev–Trinajstić information content (AvgIpc) is 2.84. The number of hydrogen-bond acceptors (Lipinski definition) is 4. The van der Waals surface area contributed by atoms with Gasteiger partial charge in [0, 0.05) is 13.6 Å². The summed E-state index contributed by atoms with van der Waals surface area (Å²) in [6.07, 6.45) is 0. The Hall–Kier alpha value is -1.23. The molecule has 0 spiro atoms. The van der Waals surface area contributed by atoms with Crippen molar-refractivity contribution in [2.75, 3.05) is 31.6 Å². The molecule has 18 heavy (non-hydrogen) atoms. The molecule has 5 heteroatoms. The number of nitrogens with one attached hydrogen (secondary N) is 1. The van der Waals surface area contributed by atoms with Gasteiger partial charge in [0.25, 0.3) is 0 Å². The second-order valence-corrected chi connectivity index (χ2v) is 6.10. The van der Waals surface area contributed by atoms with Gasteiger partial charge in [-0.05, 0) is 40.5 Å². The van der Waals surface area contributed by atoms with Crippen LogP contribution in [0.25, 0.3) is 0 Å². The van der Waals surface area contributed by atoms with E-state index in [0.29, 0.717) is 0 Å². The van der Waals surface area contributed by atoms with E-state index in [0.717, 1.165) is 36.9 Å². The van der Waals surface area contributed by atoms with Gasteiger partial charge in [0.2, 0.25) is 4.51 Å². The Morgan fingerprint density at radius 2 is 2.33 bits per heavy atom. The summed E-state index contributed by atoms with van der Waals surface area (Å²) in [5.41, 5.74) is 2.37. The van der Waals surface area contributed by atoms with Gasteiger partial charge in [-0.3, -0.25) is 4.99 Å². The van der Waals surface area contributed by atoms with Crippen LogP contribution in [0.1, 0.15) is 5.56 Å². The number of amidine groups is 1. The molecule has 0 saturated carbocycles. The summed E-state index contributed by atoms with van der Waals surface area (Å²) in [5.74, 6) is 1.78. The van der Waals surface area contributed by atoms with E-state index in [1.54, 1.807) is 0 Å². The first-order valence-electron chi connectivity index (χ1n) is 6.07. The molecule has 2 heterocycles. The molecule has 0 radical (unpaired) electrons. The molecule has 0 aliphatic carbocycles. The van der Waals surface area contributed by atoms with Crippen LogP contribution in [0.4, 0.5) is 5.69 Å². The summed E-state index contributed by atoms with van der Waals surface area (Å²) in [6.45, 7) is 4.52. The van der Waals surface area contributed by atoms with Crippen molar-refractivity contribution < 1.29 is 4.74 Å². The second kappa shape index (κ2) is 4.16. The first-order valence-corrected chi connectivity index (χ1v) is 6.86. The van der Waals surface area contributed by atoms with Gasteiger partial charge in [0.15, 0.2) is 5.84 Å². The Kier molecular flexibility index (Phi) is 2.73. The minimum Gasteiger partial charge on any atom is -0.464 e. The van der Waals surface area contributed by atoms with Gasteiger partial charge >= 0.3 is 0 Å². The Balaban J connectivity index is 1.98. The predicted molar refractivity (Wildman–Crippen MR) is 77.0 cm³/mol. The molecule has 2 aliphatic heterocycles. The van der Waals surface area contributed by atoms with Crippen molar-refractivity contribution in [2.45, 2.75) is 11.4 Å². The number of halogens is 1. The van der Waals surface area contributed by atoms with Crippen molar-refractivity contribution in [2.24, 2.45) is 4.99 Å². The van der Waals surface area contributed by atoms with E-state index < -0.39 is 4.51 Å². The zero-order valence-corrected chi connectivity index (χ0v) is 12.1. The van der Waals surface area contributed by atoms with Crippen LogP contribution in [0.5, 0.6) is 5.75 Å². The van der Waals surface area contributed by atoms with Crippen LogP contribution < -0.4 is 15.0 Å². The number of anilines is 1. The quantitative estimate of drug-likeness (QED) is 0.805. The summed E-state index contributed by atoms with van der Waals surface area (Å²) in [7, 11) is 2.08. The maximum Gasteiger partial charge on any atom is 0.236 e. The number of nitrogens with zero attached hydrogens (tertiary/aromatic N) is 2. The highest BCUT2D eigenvalue weighted by Gasteiger charge is 2.42. The van der Waals surface area contributed by atoms with Crippen LogP contribution in [-0.2, 0) is 0 Å². The maximum atomic E-state index is 6.11. The molecule has 1 N–H and O–H groups in total. The van der Waals surface area contributed by atoms with Crippen LogP contribution in [0.2, 0.25) is 0 Å². The minimum absolute atomic E-state index is 0.555. The Labute approximate surface area is 115 Å². The van der Waals surface area contributed by atoms with Gasteiger partial charge < -0.3 is 15.0 Å². The van der Waals surface area contributed by atoms with E-state index >= 15 is 0 Å². The van der Waals surface area contributed by atoms with Gasteiger partial charge in [-0.15, -0.1) is 0 Å². The van der Waals surface area contributed by atoms with E-state index in [-0.39, 0.29) is 0 Å². The molecule has 1 atom stereocenters. The van der Waals surface area contributed by atoms with Crippen molar-refractivity contribution in [3.8, 4) is 5.75 Å². The molecule has 1 aromatic carbocycles. The number of fused-ring (bicyclic) bond motifs is 1. The summed E-state index contributed by atoms with van der Waals surface area (Å²) in [5, 5.41) is 3.28. The first kappa shape index (κ1) is 11.8. The van der Waals surface area contributed by atoms with Crippen LogP contribution in [0.15, 0.2) is 23.2 Å². The standard InChI is InChI=1S/C13H16BrN3O/c1-9-3-4-11-10(7-9)17(2)8-13(14,18-11)12-15-5-6-16-12/h3-4,7H,5-6,8H2,1-2H3,(H,15,16). The average molecular weight is 310 g/mol. The molecule has 0 aromatic heterocycles. The lowest BCUT2D eigenvalue weighted by molar-refractivity contribution is 0.231. The molecule has 0 fully saturated rings. The number of rotatable bonds is 1. The number of hydrogen-bond donors (Lipinski definition) is 1. The van der Waals surface area contributed by atoms with Crippen LogP contribution in [0.3, 0.4) is 0 Å². The number of alkyl halides is 1. The topological polar surface area (TPSA) is 36.9 Å². The SMILES string of the molecule is Cc1ccc2c(c1)N(C)CC(Br)(C1=NCCN1)O2. The Morgan fingerprint density at radius 3 is 3.06 bits per heavy atom. The molecule has 0 bridgehead atoms. The maximum absolute atomic E-state index is 6.11. The van der Waals surface area contributed by atoms with Crippen LogP contribution in [-0.4, -0.2) is 37.0 Å². The minimum atomic E-state index is -0.555. The Morgan fingerprint density at radius 1 is 1.50 bits per heavy atom. The lowest BCUT2D eigenvalue weighted by Crippen LogP contribution is -2.54. The number of aryl methyl sites for hydroxylation is 1. The molecule has 0 amide bonds. The summed E-state index contributed by atoms with van der Waals surface area (Å²) in [4.78, 5) is 6.66. The van der Waals surface area contributed by atoms with E-state index in [4.69, 9.17) is 4.74 Å². The highest BCUT2D eigenvalue weighted by atomic mass is 79.9. The zero-order chi connectivity index (χ0) is 12.8. The molecule has 96 valence electrons. The van der Waals surface area contributed by atoms with E-state index in [2.05, 4.69) is 57.2 Å². The lowest BCUT2D eigenvalue weighted by Gasteiger charge is -2.39. The largest absolute Gasteiger partial charge is 0.464 e. The molecule has 3 rings (SSSR count). The highest BCUT2D eigenvalue weighted by molar-refractivity contribution is 9.10. The molecule has 1 unspecified atom stereocenters. The van der Waals surface area contributed by atoms with Crippen molar-refractivity contribution in [1.29, 1.82) is 0 Å². The normalized spacial score (nSPS) is 26.2. The summed E-state index contributed by atoms with van der Waals surface area (Å²) < 4.78 is 5.56. The van der Waals surface area contributed by atoms with Crippen molar-refractivity contribution in [1.82, 2.24) is 5.32 Å². The van der Waals surface area contributed by atoms with Gasteiger partial charge in [0.05, 0.1) is 18.8 Å². The fourth-order valence-corrected chi connectivity index (χ4v) is 3.20. The third kappa shape index (κ3) is 1.86. The molecular weight excluding hydrogens is 294 g/mol. The van der Waals surface area contributed by atoms with Gasteiger partial charge in [-0.25, -0.2) is 0 Å². The predicted octanol–water partition coefficient (Wildman–Crippen LogP) is 1.92. The van der Waals surface area contributed by atoms with Gasteiger partial charge in [-0.1, -0.05) is 6.07 Å². The lowest BCUT2D eigenvalue weighted by atomic mass is 10.1. The summed E-state index contributed by atoms with van der Waals surface area (Å²) in [6, 6.07) is 6.23. The van der Waals surface area contributed by atoms with Crippen molar-refractivity contribution >= 4 is 27.5 Å². The van der Waals surface area contributed by atoms with Gasteiger partial charge in [-0.2, -0.15) is 0 Å². The number of likely N-dealkylation sites (N-methyl/N-ethyl adjacent to an activating group) is 1. The molecule has 4 nitrogen and oxygen atoms in total. The van der Waals surface area contributed by atoms with Crippen LogP contribution >= 0.6 is 15.9 Å². The highest BCUT2D eigenvalue weighted by Crippen LogP contribution is 2.39. The number of benzene rings is 1. The molecule has 1 aromatic rings. The van der Waals surface area contributed by atoms with Crippen molar-refractivity contribution in [3.63, 3.8) is 0 Å². The fourth-order valence-electron chi connectivity index (χ4n) is 2.38. The number of ether oxygens (including phenoxy) is 1. The fraction of sp³-hybridized carbons (Fsp3) is 0.462. The molecular formula is C13H16BrN3O. The third-order valence-electron chi connectivity index (χ3n) is 3.27. The smallest absolute Gasteiger partial charge is 0.236 e. The van der Waals surface area contributed by atoms with E-state index in [1.807, 2.05) is 6.07 Å². The number of aliphatic imine (C=N–C) groups is 1. The summed E-state index contributed by atoms with van der Waals surface area (Å²) >= 11 is 3.69. The van der Waals surface area contributed by atoms with Crippen molar-refractivity contribution in [3.05, 3.63) is 23.8 Å².